The van der Waals surface area contributed by atoms with Crippen LogP contribution in [0.15, 0.2) is 0 Å². The molecule has 0 heterocycles. The van der Waals surface area contributed by atoms with Crippen LogP contribution in [0.25, 0.3) is 0 Å². The molecule has 0 aliphatic carbocycles. The molecule has 0 unspecified atom stereocenters. The molecule has 0 aromatic rings. The van der Waals surface area contributed by atoms with E-state index >= 15 is 0 Å². The van der Waals surface area contributed by atoms with E-state index in [1.54, 1.807) is 9.62 Å². The van der Waals surface area contributed by atoms with Crippen molar-refractivity contribution in [2.24, 2.45) is 0 Å². The third-order valence-electron chi connectivity index (χ3n) is 1.73. The molecule has 0 rings (SSSR count). The van der Waals surface area contributed by atoms with E-state index in [-0.39, 0.29) is 0 Å². The first kappa shape index (κ1) is 13.1. The standard InChI is InChI=1S/C7H16B3N3/c1-2-4-12(9)6-7-13(10)5-3-11-8/h11H,2-7H2,1H3. The van der Waals surface area contributed by atoms with Gasteiger partial charge in [-0.05, 0) is 39.1 Å². The van der Waals surface area contributed by atoms with Gasteiger partial charge in [-0.25, -0.2) is 0 Å². The smallest absolute Gasteiger partial charge is 0.182 e. The topological polar surface area (TPSA) is 18.5 Å². The Labute approximate surface area is 85.5 Å². The highest BCUT2D eigenvalue weighted by atomic mass is 15.1. The molecule has 0 fully saturated rings. The van der Waals surface area contributed by atoms with Gasteiger partial charge in [0.2, 0.25) is 0 Å². The molecule has 0 amide bonds. The van der Waals surface area contributed by atoms with Gasteiger partial charge in [0.15, 0.2) is 23.9 Å². The van der Waals surface area contributed by atoms with E-state index in [2.05, 4.69) is 12.2 Å². The van der Waals surface area contributed by atoms with Gasteiger partial charge >= 0.3 is 0 Å². The number of nitrogens with zero attached hydrogens (tertiary/aromatic N) is 2. The SMILES string of the molecule is [B]NCCN([B])CCN([B])CCC. The molecule has 13 heavy (non-hydrogen) atoms. The van der Waals surface area contributed by atoms with Crippen molar-refractivity contribution < 1.29 is 0 Å². The number of hydrogen-bond acceptors (Lipinski definition) is 3. The highest BCUT2D eigenvalue weighted by Gasteiger charge is 1.99. The number of rotatable bonds is 8. The van der Waals surface area contributed by atoms with E-state index in [0.29, 0.717) is 6.54 Å². The molecule has 0 saturated carbocycles. The highest BCUT2D eigenvalue weighted by Crippen LogP contribution is 1.86. The fraction of sp³-hybridized carbons (Fsp3) is 1.00. The Morgan fingerprint density at radius 1 is 1.00 bits per heavy atom. The summed E-state index contributed by atoms with van der Waals surface area (Å²) in [5.74, 6) is 0. The third-order valence-corrected chi connectivity index (χ3v) is 1.73. The molecular weight excluding hydrogens is 159 g/mol. The van der Waals surface area contributed by atoms with E-state index < -0.39 is 0 Å². The summed E-state index contributed by atoms with van der Waals surface area (Å²) in [5.41, 5.74) is 0. The zero-order chi connectivity index (χ0) is 10.1. The molecule has 0 saturated heterocycles. The van der Waals surface area contributed by atoms with Crippen LogP contribution in [0, 0.1) is 0 Å². The van der Waals surface area contributed by atoms with Crippen molar-refractivity contribution in [3.63, 3.8) is 0 Å². The summed E-state index contributed by atoms with van der Waals surface area (Å²) in [6.07, 6.45) is 1.06. The first-order valence-corrected chi connectivity index (χ1v) is 4.63. The van der Waals surface area contributed by atoms with Crippen LogP contribution in [-0.4, -0.2) is 66.3 Å². The first-order chi connectivity index (χ1) is 6.20. The Morgan fingerprint density at radius 3 is 2.00 bits per heavy atom. The van der Waals surface area contributed by atoms with Crippen LogP contribution in [0.3, 0.4) is 0 Å². The molecule has 68 valence electrons. The minimum atomic E-state index is 0.689. The molecule has 0 aliphatic rings. The van der Waals surface area contributed by atoms with Crippen LogP contribution >= 0.6 is 0 Å². The third kappa shape index (κ3) is 8.41. The van der Waals surface area contributed by atoms with E-state index in [9.17, 15) is 0 Å². The zero-order valence-electron chi connectivity index (χ0n) is 8.37. The molecule has 0 aromatic carbocycles. The minimum absolute atomic E-state index is 0.689. The van der Waals surface area contributed by atoms with Gasteiger partial charge in [0.25, 0.3) is 0 Å². The van der Waals surface area contributed by atoms with Crippen LogP contribution in [0.1, 0.15) is 13.3 Å². The summed E-state index contributed by atoms with van der Waals surface area (Å²) in [6, 6.07) is 0. The van der Waals surface area contributed by atoms with Gasteiger partial charge in [-0.1, -0.05) is 6.92 Å². The second-order valence-electron chi connectivity index (χ2n) is 3.03. The van der Waals surface area contributed by atoms with Crippen molar-refractivity contribution in [1.82, 2.24) is 14.8 Å². The fourth-order valence-corrected chi connectivity index (χ4v) is 0.976. The second-order valence-corrected chi connectivity index (χ2v) is 3.03. The Hall–Kier alpha value is 0.0748. The monoisotopic (exact) mass is 175 g/mol. The Morgan fingerprint density at radius 2 is 1.54 bits per heavy atom. The second kappa shape index (κ2) is 8.66. The predicted molar refractivity (Wildman–Crippen MR) is 58.7 cm³/mol. The summed E-state index contributed by atoms with van der Waals surface area (Å²) >= 11 is 0. The maximum absolute atomic E-state index is 5.67. The molecule has 0 bridgehead atoms. The predicted octanol–water partition coefficient (Wildman–Crippen LogP) is -1.16. The Balaban J connectivity index is 3.29. The first-order valence-electron chi connectivity index (χ1n) is 4.63. The van der Waals surface area contributed by atoms with Crippen molar-refractivity contribution in [3.05, 3.63) is 0 Å². The normalized spacial score (nSPS) is 11.3. The summed E-state index contributed by atoms with van der Waals surface area (Å²) in [5, 5.41) is 2.54. The largest absolute Gasteiger partial charge is 0.365 e. The van der Waals surface area contributed by atoms with E-state index in [4.69, 9.17) is 23.9 Å². The molecule has 6 heteroatoms. The van der Waals surface area contributed by atoms with Crippen molar-refractivity contribution in [2.75, 3.05) is 32.7 Å². The summed E-state index contributed by atoms with van der Waals surface area (Å²) in [7, 11) is 16.4. The van der Waals surface area contributed by atoms with Gasteiger partial charge in [0.1, 0.15) is 0 Å². The Kier molecular flexibility index (Phi) is 8.71. The van der Waals surface area contributed by atoms with Crippen molar-refractivity contribution in [3.8, 4) is 0 Å². The maximum Gasteiger partial charge on any atom is 0.182 e. The van der Waals surface area contributed by atoms with Gasteiger partial charge in [0, 0.05) is 0 Å². The molecule has 0 aromatic heterocycles. The van der Waals surface area contributed by atoms with E-state index in [1.807, 2.05) is 0 Å². The Bertz CT molecular complexity index is 115. The van der Waals surface area contributed by atoms with Crippen LogP contribution in [0.2, 0.25) is 0 Å². The fourth-order valence-electron chi connectivity index (χ4n) is 0.976. The molecular formula is C7H16B3N3. The quantitative estimate of drug-likeness (QED) is 0.469. The van der Waals surface area contributed by atoms with E-state index in [0.717, 1.165) is 32.6 Å². The summed E-state index contributed by atoms with van der Waals surface area (Å²) < 4.78 is 0. The van der Waals surface area contributed by atoms with Gasteiger partial charge in [-0.15, -0.1) is 0 Å². The lowest BCUT2D eigenvalue weighted by molar-refractivity contribution is 0.373. The lowest BCUT2D eigenvalue weighted by atomic mass is 10.2. The average Bonchev–Trinajstić information content (AvgIpc) is 2.12. The van der Waals surface area contributed by atoms with Crippen LogP contribution < -0.4 is 5.23 Å². The van der Waals surface area contributed by atoms with Crippen molar-refractivity contribution in [1.29, 1.82) is 0 Å². The van der Waals surface area contributed by atoms with Gasteiger partial charge in [-0.2, -0.15) is 0 Å². The molecule has 3 nitrogen and oxygen atoms in total. The zero-order valence-corrected chi connectivity index (χ0v) is 8.37. The molecule has 1 N–H and O–H groups in total. The summed E-state index contributed by atoms with van der Waals surface area (Å²) in [6.45, 7) is 5.97. The average molecular weight is 175 g/mol. The maximum atomic E-state index is 5.67. The van der Waals surface area contributed by atoms with Gasteiger partial charge in [0.05, 0.1) is 0 Å². The van der Waals surface area contributed by atoms with Crippen LogP contribution in [0.5, 0.6) is 0 Å². The van der Waals surface area contributed by atoms with E-state index in [1.165, 1.54) is 0 Å². The lowest BCUT2D eigenvalue weighted by Gasteiger charge is -2.22. The van der Waals surface area contributed by atoms with Gasteiger partial charge < -0.3 is 14.8 Å². The van der Waals surface area contributed by atoms with Crippen LogP contribution in [0.4, 0.5) is 0 Å². The van der Waals surface area contributed by atoms with Gasteiger partial charge in [-0.3, -0.25) is 0 Å². The number of nitrogens with one attached hydrogen (secondary N) is 1. The van der Waals surface area contributed by atoms with Crippen LogP contribution in [-0.2, 0) is 0 Å². The molecule has 0 spiro atoms. The van der Waals surface area contributed by atoms with Crippen molar-refractivity contribution in [2.45, 2.75) is 13.3 Å². The molecule has 0 aliphatic heterocycles. The van der Waals surface area contributed by atoms with Crippen molar-refractivity contribution >= 4 is 23.9 Å². The number of hydrogen-bond donors (Lipinski definition) is 1. The molecule has 0 atom stereocenters. The lowest BCUT2D eigenvalue weighted by Crippen LogP contribution is -2.36. The molecule has 6 radical (unpaired) electrons. The highest BCUT2D eigenvalue weighted by molar-refractivity contribution is 6.05. The summed E-state index contributed by atoms with van der Waals surface area (Å²) in [4.78, 5) is 3.48. The minimum Gasteiger partial charge on any atom is -0.365 e.